The number of nitrogens with zero attached hydrogens (tertiary/aromatic N) is 1. The van der Waals surface area contributed by atoms with Crippen molar-refractivity contribution in [3.63, 3.8) is 0 Å². The summed E-state index contributed by atoms with van der Waals surface area (Å²) in [5.74, 6) is 0. The first-order chi connectivity index (χ1) is 7.63. The van der Waals surface area contributed by atoms with Crippen molar-refractivity contribution in [1.82, 2.24) is 9.78 Å². The van der Waals surface area contributed by atoms with Crippen molar-refractivity contribution in [1.29, 1.82) is 0 Å². The molecule has 0 aliphatic rings. The van der Waals surface area contributed by atoms with Gasteiger partial charge in [-0.15, -0.1) is 0 Å². The molecule has 0 atom stereocenters. The van der Waals surface area contributed by atoms with Crippen LogP contribution in [0.2, 0.25) is 0 Å². The summed E-state index contributed by atoms with van der Waals surface area (Å²) in [4.78, 5) is 11.8. The van der Waals surface area contributed by atoms with E-state index >= 15 is 0 Å². The minimum absolute atomic E-state index is 0.0685. The number of benzene rings is 1. The molecule has 2 aromatic rings. The molecule has 3 heteroatoms. The zero-order valence-corrected chi connectivity index (χ0v) is 9.87. The maximum Gasteiger partial charge on any atom is 0.269 e. The van der Waals surface area contributed by atoms with E-state index < -0.39 is 0 Å². The molecule has 0 saturated heterocycles. The van der Waals surface area contributed by atoms with Crippen LogP contribution in [-0.2, 0) is 6.54 Å². The van der Waals surface area contributed by atoms with E-state index in [4.69, 9.17) is 0 Å². The van der Waals surface area contributed by atoms with Crippen molar-refractivity contribution >= 4 is 0 Å². The quantitative estimate of drug-likeness (QED) is 0.822. The Balaban J connectivity index is 2.61. The maximum absolute atomic E-state index is 11.8. The molecule has 0 fully saturated rings. The fourth-order valence-electron chi connectivity index (χ4n) is 1.88. The third-order valence-electron chi connectivity index (χ3n) is 2.81. The highest BCUT2D eigenvalue weighted by atomic mass is 16.1. The second-order valence-electron chi connectivity index (χ2n) is 4.03. The average Bonchev–Trinajstić information content (AvgIpc) is 2.56. The Morgan fingerprint density at radius 1 is 1.31 bits per heavy atom. The molecule has 0 spiro atoms. The predicted octanol–water partition coefficient (Wildman–Crippen LogP) is 2.48. The van der Waals surface area contributed by atoms with Gasteiger partial charge in [0, 0.05) is 17.7 Å². The van der Waals surface area contributed by atoms with Gasteiger partial charge in [0.1, 0.15) is 0 Å². The SMILES string of the molecule is CCn1[nH]c(-c2cccc(C)c2)c(C)c1=O. The summed E-state index contributed by atoms with van der Waals surface area (Å²) in [6, 6.07) is 8.16. The van der Waals surface area contributed by atoms with Gasteiger partial charge in [-0.25, -0.2) is 0 Å². The molecule has 0 saturated carbocycles. The molecule has 0 amide bonds. The molecule has 84 valence electrons. The van der Waals surface area contributed by atoms with Gasteiger partial charge in [-0.05, 0) is 26.8 Å². The number of hydrogen-bond acceptors (Lipinski definition) is 1. The van der Waals surface area contributed by atoms with Crippen molar-refractivity contribution < 1.29 is 0 Å². The molecule has 16 heavy (non-hydrogen) atoms. The summed E-state index contributed by atoms with van der Waals surface area (Å²) in [5, 5.41) is 3.15. The fourth-order valence-corrected chi connectivity index (χ4v) is 1.88. The van der Waals surface area contributed by atoms with E-state index in [1.807, 2.05) is 39.0 Å². The molecule has 0 unspecified atom stereocenters. The van der Waals surface area contributed by atoms with Crippen LogP contribution >= 0.6 is 0 Å². The summed E-state index contributed by atoms with van der Waals surface area (Å²) in [7, 11) is 0. The highest BCUT2D eigenvalue weighted by molar-refractivity contribution is 5.63. The molecule has 1 heterocycles. The molecule has 1 aromatic carbocycles. The molecule has 3 nitrogen and oxygen atoms in total. The lowest BCUT2D eigenvalue weighted by molar-refractivity contribution is 0.639. The van der Waals surface area contributed by atoms with Crippen LogP contribution in [0.3, 0.4) is 0 Å². The number of aromatic nitrogens is 2. The largest absolute Gasteiger partial charge is 0.295 e. The highest BCUT2D eigenvalue weighted by Crippen LogP contribution is 2.19. The van der Waals surface area contributed by atoms with Crippen LogP contribution in [-0.4, -0.2) is 9.78 Å². The molecular weight excluding hydrogens is 200 g/mol. The number of nitrogens with one attached hydrogen (secondary N) is 1. The maximum atomic E-state index is 11.8. The first-order valence-electron chi connectivity index (χ1n) is 5.50. The van der Waals surface area contributed by atoms with Crippen LogP contribution in [0, 0.1) is 13.8 Å². The van der Waals surface area contributed by atoms with Crippen molar-refractivity contribution in [3.8, 4) is 11.3 Å². The van der Waals surface area contributed by atoms with Gasteiger partial charge in [-0.1, -0.05) is 23.8 Å². The lowest BCUT2D eigenvalue weighted by Gasteiger charge is -2.01. The Kier molecular flexibility index (Phi) is 2.69. The second-order valence-corrected chi connectivity index (χ2v) is 4.03. The normalized spacial score (nSPS) is 10.7. The summed E-state index contributed by atoms with van der Waals surface area (Å²) >= 11 is 0. The van der Waals surface area contributed by atoms with Gasteiger partial charge >= 0.3 is 0 Å². The summed E-state index contributed by atoms with van der Waals surface area (Å²) in [6.45, 7) is 6.54. The van der Waals surface area contributed by atoms with Gasteiger partial charge in [0.2, 0.25) is 0 Å². The molecular formula is C13H16N2O. The summed E-state index contributed by atoms with van der Waals surface area (Å²) in [5.41, 5.74) is 4.05. The number of rotatable bonds is 2. The van der Waals surface area contributed by atoms with Gasteiger partial charge in [0.05, 0.1) is 5.69 Å². The van der Waals surface area contributed by atoms with Crippen molar-refractivity contribution in [2.75, 3.05) is 0 Å². The van der Waals surface area contributed by atoms with Crippen LogP contribution in [0.25, 0.3) is 11.3 Å². The van der Waals surface area contributed by atoms with Crippen LogP contribution in [0.15, 0.2) is 29.1 Å². The van der Waals surface area contributed by atoms with Crippen LogP contribution in [0.5, 0.6) is 0 Å². The van der Waals surface area contributed by atoms with E-state index in [-0.39, 0.29) is 5.56 Å². The minimum Gasteiger partial charge on any atom is -0.295 e. The van der Waals surface area contributed by atoms with Gasteiger partial charge in [-0.2, -0.15) is 0 Å². The minimum atomic E-state index is 0.0685. The first-order valence-corrected chi connectivity index (χ1v) is 5.50. The highest BCUT2D eigenvalue weighted by Gasteiger charge is 2.10. The van der Waals surface area contributed by atoms with E-state index in [9.17, 15) is 4.79 Å². The third kappa shape index (κ3) is 1.69. The van der Waals surface area contributed by atoms with Crippen molar-refractivity contribution in [2.24, 2.45) is 0 Å². The third-order valence-corrected chi connectivity index (χ3v) is 2.81. The lowest BCUT2D eigenvalue weighted by Crippen LogP contribution is -2.16. The number of H-pyrrole nitrogens is 1. The van der Waals surface area contributed by atoms with Gasteiger partial charge < -0.3 is 0 Å². The Morgan fingerprint density at radius 3 is 2.62 bits per heavy atom. The monoisotopic (exact) mass is 216 g/mol. The topological polar surface area (TPSA) is 37.8 Å². The Bertz CT molecular complexity index is 564. The van der Waals surface area contributed by atoms with Crippen molar-refractivity contribution in [3.05, 3.63) is 45.7 Å². The standard InChI is InChI=1S/C13H16N2O/c1-4-15-13(16)10(3)12(14-15)11-7-5-6-9(2)8-11/h5-8,14H,4H2,1-3H3. The predicted molar refractivity (Wildman–Crippen MR) is 65.6 cm³/mol. The molecule has 0 aliphatic heterocycles. The average molecular weight is 216 g/mol. The Morgan fingerprint density at radius 2 is 2.06 bits per heavy atom. The molecule has 1 aromatic heterocycles. The molecule has 1 N–H and O–H groups in total. The summed E-state index contributed by atoms with van der Waals surface area (Å²) in [6.07, 6.45) is 0. The van der Waals surface area contributed by atoms with Gasteiger partial charge in [0.15, 0.2) is 0 Å². The zero-order chi connectivity index (χ0) is 11.7. The van der Waals surface area contributed by atoms with Crippen LogP contribution in [0.4, 0.5) is 0 Å². The fraction of sp³-hybridized carbons (Fsp3) is 0.308. The Hall–Kier alpha value is -1.77. The number of aryl methyl sites for hydroxylation is 2. The second kappa shape index (κ2) is 4.00. The van der Waals surface area contributed by atoms with Crippen LogP contribution in [0.1, 0.15) is 18.1 Å². The zero-order valence-electron chi connectivity index (χ0n) is 9.87. The molecule has 0 aliphatic carbocycles. The smallest absolute Gasteiger partial charge is 0.269 e. The molecule has 2 rings (SSSR count). The van der Waals surface area contributed by atoms with E-state index in [1.165, 1.54) is 5.56 Å². The van der Waals surface area contributed by atoms with E-state index in [1.54, 1.807) is 4.68 Å². The van der Waals surface area contributed by atoms with Crippen molar-refractivity contribution in [2.45, 2.75) is 27.3 Å². The first kappa shape index (κ1) is 10.7. The molecule has 0 bridgehead atoms. The number of aromatic amines is 1. The number of hydrogen-bond donors (Lipinski definition) is 1. The summed E-state index contributed by atoms with van der Waals surface area (Å²) < 4.78 is 1.63. The van der Waals surface area contributed by atoms with Gasteiger partial charge in [0.25, 0.3) is 5.56 Å². The van der Waals surface area contributed by atoms with Gasteiger partial charge in [-0.3, -0.25) is 14.6 Å². The molecule has 0 radical (unpaired) electrons. The Labute approximate surface area is 94.7 Å². The van der Waals surface area contributed by atoms with E-state index in [0.29, 0.717) is 6.54 Å². The lowest BCUT2D eigenvalue weighted by atomic mass is 10.1. The van der Waals surface area contributed by atoms with E-state index in [2.05, 4.69) is 11.2 Å². The van der Waals surface area contributed by atoms with E-state index in [0.717, 1.165) is 16.8 Å². The van der Waals surface area contributed by atoms with Crippen LogP contribution < -0.4 is 5.56 Å².